The van der Waals surface area contributed by atoms with Crippen molar-refractivity contribution in [2.75, 3.05) is 5.75 Å². The van der Waals surface area contributed by atoms with Gasteiger partial charge < -0.3 is 0 Å². The molecule has 1 aromatic rings. The lowest BCUT2D eigenvalue weighted by molar-refractivity contribution is -0.114. The molecule has 0 aromatic heterocycles. The van der Waals surface area contributed by atoms with Crippen molar-refractivity contribution in [1.82, 2.24) is 0 Å². The molecule has 1 aliphatic carbocycles. The lowest BCUT2D eigenvalue weighted by Crippen LogP contribution is -2.08. The quantitative estimate of drug-likeness (QED) is 0.803. The topological polar surface area (TPSA) is 51.2 Å². The predicted molar refractivity (Wildman–Crippen MR) is 60.8 cm³/mol. The second-order valence-corrected chi connectivity index (χ2v) is 5.83. The van der Waals surface area contributed by atoms with E-state index in [2.05, 4.69) is 0 Å². The third-order valence-corrected chi connectivity index (χ3v) is 4.28. The summed E-state index contributed by atoms with van der Waals surface area (Å²) in [5, 5.41) is 0. The summed E-state index contributed by atoms with van der Waals surface area (Å²) in [4.78, 5) is 11.3. The van der Waals surface area contributed by atoms with E-state index in [0.29, 0.717) is 23.3 Å². The first-order valence-corrected chi connectivity index (χ1v) is 6.73. The molecule has 0 unspecified atom stereocenters. The molecule has 0 spiro atoms. The normalized spacial score (nSPS) is 16.2. The first-order chi connectivity index (χ1) is 7.58. The molecule has 16 heavy (non-hydrogen) atoms. The largest absolute Gasteiger partial charge is 0.295 e. The van der Waals surface area contributed by atoms with Crippen LogP contribution in [0.4, 0.5) is 0 Å². The van der Waals surface area contributed by atoms with Crippen molar-refractivity contribution in [3.8, 4) is 0 Å². The van der Waals surface area contributed by atoms with Gasteiger partial charge in [0, 0.05) is 6.42 Å². The molecule has 0 fully saturated rings. The predicted octanol–water partition coefficient (Wildman–Crippen LogP) is 1.75. The highest BCUT2D eigenvalue weighted by Gasteiger charge is 2.20. The van der Waals surface area contributed by atoms with Gasteiger partial charge in [0.05, 0.1) is 10.6 Å². The molecule has 84 valence electrons. The van der Waals surface area contributed by atoms with E-state index in [-0.39, 0.29) is 11.5 Å². The maximum atomic E-state index is 11.9. The van der Waals surface area contributed by atoms with Crippen LogP contribution >= 0.6 is 0 Å². The highest BCUT2D eigenvalue weighted by molar-refractivity contribution is 7.91. The van der Waals surface area contributed by atoms with Gasteiger partial charge >= 0.3 is 0 Å². The average molecular weight is 236 g/mol. The van der Waals surface area contributed by atoms with E-state index < -0.39 is 9.84 Å². The van der Waals surface area contributed by atoms with Gasteiger partial charge in [0.2, 0.25) is 0 Å². The summed E-state index contributed by atoms with van der Waals surface area (Å²) in [6.07, 6.45) is 2.48. The van der Waals surface area contributed by atoms with Crippen LogP contribution in [0.1, 0.15) is 12.8 Å². The van der Waals surface area contributed by atoms with Crippen LogP contribution in [0.25, 0.3) is 0 Å². The van der Waals surface area contributed by atoms with E-state index in [0.717, 1.165) is 0 Å². The summed E-state index contributed by atoms with van der Waals surface area (Å²) in [7, 11) is -3.29. The van der Waals surface area contributed by atoms with E-state index in [1.807, 2.05) is 0 Å². The van der Waals surface area contributed by atoms with Crippen LogP contribution in [-0.2, 0) is 14.6 Å². The molecule has 0 saturated heterocycles. The number of carbonyl (C=O) groups is 1. The average Bonchev–Trinajstić information content (AvgIpc) is 2.64. The fourth-order valence-electron chi connectivity index (χ4n) is 1.72. The van der Waals surface area contributed by atoms with Gasteiger partial charge in [-0.3, -0.25) is 4.79 Å². The Kier molecular flexibility index (Phi) is 2.92. The van der Waals surface area contributed by atoms with Gasteiger partial charge in [-0.2, -0.15) is 0 Å². The number of rotatable bonds is 3. The molecule has 0 atom stereocenters. The van der Waals surface area contributed by atoms with Crippen LogP contribution in [-0.4, -0.2) is 20.0 Å². The molecular weight excluding hydrogens is 224 g/mol. The first kappa shape index (κ1) is 11.1. The Bertz CT molecular complexity index is 527. The number of sulfone groups is 1. The number of ketones is 1. The lowest BCUT2D eigenvalue weighted by Gasteiger charge is -2.04. The zero-order chi connectivity index (χ0) is 11.6. The third-order valence-electron chi connectivity index (χ3n) is 2.54. The molecule has 0 aliphatic heterocycles. The van der Waals surface area contributed by atoms with Crippen molar-refractivity contribution in [3.05, 3.63) is 42.0 Å². The second kappa shape index (κ2) is 4.22. The van der Waals surface area contributed by atoms with E-state index in [4.69, 9.17) is 0 Å². The Morgan fingerprint density at radius 2 is 1.75 bits per heavy atom. The van der Waals surface area contributed by atoms with Crippen LogP contribution in [0.5, 0.6) is 0 Å². The summed E-state index contributed by atoms with van der Waals surface area (Å²) in [5.74, 6) is -0.0128. The highest BCUT2D eigenvalue weighted by atomic mass is 32.2. The van der Waals surface area contributed by atoms with Crippen molar-refractivity contribution in [2.45, 2.75) is 17.7 Å². The summed E-state index contributed by atoms with van der Waals surface area (Å²) in [6, 6.07) is 8.32. The Balaban J connectivity index is 2.22. The third kappa shape index (κ3) is 2.39. The zero-order valence-electron chi connectivity index (χ0n) is 8.72. The van der Waals surface area contributed by atoms with Crippen molar-refractivity contribution in [2.24, 2.45) is 0 Å². The van der Waals surface area contributed by atoms with Crippen molar-refractivity contribution < 1.29 is 13.2 Å². The highest BCUT2D eigenvalue weighted by Crippen LogP contribution is 2.20. The Hall–Kier alpha value is -1.42. The Morgan fingerprint density at radius 3 is 2.31 bits per heavy atom. The molecule has 4 heteroatoms. The van der Waals surface area contributed by atoms with Crippen LogP contribution in [0, 0.1) is 0 Å². The number of carbonyl (C=O) groups excluding carboxylic acids is 1. The van der Waals surface area contributed by atoms with Gasteiger partial charge in [0.15, 0.2) is 15.6 Å². The van der Waals surface area contributed by atoms with Crippen LogP contribution in [0.2, 0.25) is 0 Å². The van der Waals surface area contributed by atoms with E-state index in [1.54, 1.807) is 30.3 Å². The number of benzene rings is 1. The Labute approximate surface area is 94.7 Å². The van der Waals surface area contributed by atoms with Gasteiger partial charge in [-0.15, -0.1) is 0 Å². The smallest absolute Gasteiger partial charge is 0.182 e. The van der Waals surface area contributed by atoms with E-state index in [9.17, 15) is 13.2 Å². The van der Waals surface area contributed by atoms with Crippen LogP contribution in [0.3, 0.4) is 0 Å². The van der Waals surface area contributed by atoms with Crippen molar-refractivity contribution in [3.63, 3.8) is 0 Å². The molecule has 0 bridgehead atoms. The maximum absolute atomic E-state index is 11.9. The summed E-state index contributed by atoms with van der Waals surface area (Å²) >= 11 is 0. The van der Waals surface area contributed by atoms with Gasteiger partial charge in [-0.25, -0.2) is 8.42 Å². The second-order valence-electron chi connectivity index (χ2n) is 3.84. The molecule has 3 nitrogen and oxygen atoms in total. The van der Waals surface area contributed by atoms with Crippen molar-refractivity contribution >= 4 is 15.6 Å². The monoisotopic (exact) mass is 236 g/mol. The summed E-state index contributed by atoms with van der Waals surface area (Å²) < 4.78 is 23.9. The molecule has 0 saturated carbocycles. The number of allylic oxidation sites excluding steroid dienone is 1. The molecule has 0 N–H and O–H groups in total. The lowest BCUT2D eigenvalue weighted by atomic mass is 10.3. The molecule has 0 amide bonds. The minimum absolute atomic E-state index is 0.0262. The van der Waals surface area contributed by atoms with Gasteiger partial charge in [0.25, 0.3) is 0 Å². The molecule has 1 aliphatic rings. The fraction of sp³-hybridized carbons (Fsp3) is 0.250. The van der Waals surface area contributed by atoms with Crippen LogP contribution in [0.15, 0.2) is 46.9 Å². The summed E-state index contributed by atoms with van der Waals surface area (Å²) in [5.41, 5.74) is 0.717. The van der Waals surface area contributed by atoms with E-state index in [1.165, 1.54) is 6.08 Å². The fourth-order valence-corrected chi connectivity index (χ4v) is 3.18. The Morgan fingerprint density at radius 1 is 1.06 bits per heavy atom. The van der Waals surface area contributed by atoms with Crippen molar-refractivity contribution in [1.29, 1.82) is 0 Å². The SMILES string of the molecule is O=C1C=C(CS(=O)(=O)c2ccccc2)CC1. The molecule has 1 aromatic carbocycles. The van der Waals surface area contributed by atoms with Gasteiger partial charge in [0.1, 0.15) is 0 Å². The molecule has 0 radical (unpaired) electrons. The van der Waals surface area contributed by atoms with Crippen LogP contribution < -0.4 is 0 Å². The zero-order valence-corrected chi connectivity index (χ0v) is 9.53. The molecular formula is C12H12O3S. The number of hydrogen-bond donors (Lipinski definition) is 0. The molecule has 0 heterocycles. The minimum atomic E-state index is -3.29. The molecule has 2 rings (SSSR count). The standard InChI is InChI=1S/C12H12O3S/c13-11-7-6-10(8-11)9-16(14,15)12-4-2-1-3-5-12/h1-5,8H,6-7,9H2. The maximum Gasteiger partial charge on any atom is 0.182 e. The first-order valence-electron chi connectivity index (χ1n) is 5.08. The van der Waals surface area contributed by atoms with E-state index >= 15 is 0 Å². The summed E-state index contributed by atoms with van der Waals surface area (Å²) in [6.45, 7) is 0. The van der Waals surface area contributed by atoms with Gasteiger partial charge in [-0.1, -0.05) is 23.8 Å². The number of hydrogen-bond acceptors (Lipinski definition) is 3. The van der Waals surface area contributed by atoms with Gasteiger partial charge in [-0.05, 0) is 24.6 Å². The minimum Gasteiger partial charge on any atom is -0.295 e.